The van der Waals surface area contributed by atoms with Crippen LogP contribution in [0.4, 0.5) is 0 Å². The molecule has 0 aromatic carbocycles. The van der Waals surface area contributed by atoms with Gasteiger partial charge in [0, 0.05) is 6.54 Å². The lowest BCUT2D eigenvalue weighted by Crippen LogP contribution is -2.63. The van der Waals surface area contributed by atoms with E-state index in [2.05, 4.69) is 10.6 Å². The Bertz CT molecular complexity index is 639. The van der Waals surface area contributed by atoms with E-state index in [1.165, 1.54) is 4.90 Å². The molecule has 0 aromatic heterocycles. The first kappa shape index (κ1) is 23.1. The standard InChI is InChI=1S/C20H35N5O4/c1-20(2,3)16(21)19(29)25-10-9-13(25)18(28)23-11-14(26)24-15(17(22)27)12-7-5-4-6-8-12/h12-13,15-16H,4-11,21H2,1-3H3,(H2,22,27)(H,23,28)(H,24,26)/t13?,15-,16?/m0/s1. The van der Waals surface area contributed by atoms with Gasteiger partial charge >= 0.3 is 0 Å². The molecular formula is C20H35N5O4. The molecule has 1 saturated carbocycles. The summed E-state index contributed by atoms with van der Waals surface area (Å²) in [5.41, 5.74) is 11.1. The highest BCUT2D eigenvalue weighted by atomic mass is 16.2. The minimum atomic E-state index is -0.716. The van der Waals surface area contributed by atoms with E-state index in [-0.39, 0.29) is 18.4 Å². The van der Waals surface area contributed by atoms with Crippen molar-refractivity contribution in [2.24, 2.45) is 22.8 Å². The molecule has 164 valence electrons. The molecule has 0 radical (unpaired) electrons. The smallest absolute Gasteiger partial charge is 0.243 e. The van der Waals surface area contributed by atoms with Crippen LogP contribution in [0.3, 0.4) is 0 Å². The van der Waals surface area contributed by atoms with Crippen LogP contribution in [0.5, 0.6) is 0 Å². The summed E-state index contributed by atoms with van der Waals surface area (Å²) in [6, 6.07) is -2.03. The van der Waals surface area contributed by atoms with Gasteiger partial charge in [-0.2, -0.15) is 0 Å². The zero-order valence-electron chi connectivity index (χ0n) is 17.7. The molecule has 9 nitrogen and oxygen atoms in total. The molecule has 2 fully saturated rings. The molecule has 29 heavy (non-hydrogen) atoms. The number of nitrogens with zero attached hydrogens (tertiary/aromatic N) is 1. The van der Waals surface area contributed by atoms with Gasteiger partial charge in [-0.25, -0.2) is 0 Å². The molecule has 0 bridgehead atoms. The fourth-order valence-electron chi connectivity index (χ4n) is 3.87. The first-order valence-corrected chi connectivity index (χ1v) is 10.4. The van der Waals surface area contributed by atoms with Crippen molar-refractivity contribution < 1.29 is 19.2 Å². The summed E-state index contributed by atoms with van der Waals surface area (Å²) in [4.78, 5) is 50.4. The number of rotatable bonds is 7. The molecule has 1 saturated heterocycles. The number of primary amides is 1. The van der Waals surface area contributed by atoms with Crippen molar-refractivity contribution in [1.29, 1.82) is 0 Å². The molecule has 2 aliphatic rings. The quantitative estimate of drug-likeness (QED) is 0.453. The molecule has 6 N–H and O–H groups in total. The van der Waals surface area contributed by atoms with Gasteiger partial charge in [0.05, 0.1) is 12.6 Å². The number of likely N-dealkylation sites (tertiary alicyclic amines) is 1. The molecule has 1 aliphatic heterocycles. The Morgan fingerprint density at radius 3 is 2.17 bits per heavy atom. The van der Waals surface area contributed by atoms with Crippen LogP contribution < -0.4 is 22.1 Å². The Kier molecular flexibility index (Phi) is 7.62. The van der Waals surface area contributed by atoms with Crippen LogP contribution in [0.1, 0.15) is 59.3 Å². The van der Waals surface area contributed by atoms with E-state index in [1.54, 1.807) is 0 Å². The van der Waals surface area contributed by atoms with Gasteiger partial charge in [0.15, 0.2) is 0 Å². The second-order valence-electron chi connectivity index (χ2n) is 9.24. The van der Waals surface area contributed by atoms with E-state index >= 15 is 0 Å². The average Bonchev–Trinajstić information content (AvgIpc) is 2.62. The summed E-state index contributed by atoms with van der Waals surface area (Å²) in [6.07, 6.45) is 5.40. The van der Waals surface area contributed by atoms with Crippen molar-refractivity contribution in [2.45, 2.75) is 77.4 Å². The highest BCUT2D eigenvalue weighted by Gasteiger charge is 2.42. The third-order valence-corrected chi connectivity index (χ3v) is 5.97. The Balaban J connectivity index is 1.84. The molecular weight excluding hydrogens is 374 g/mol. The van der Waals surface area contributed by atoms with Crippen LogP contribution in [0.2, 0.25) is 0 Å². The highest BCUT2D eigenvalue weighted by molar-refractivity contribution is 5.94. The van der Waals surface area contributed by atoms with Gasteiger partial charge in [-0.05, 0) is 30.6 Å². The third-order valence-electron chi connectivity index (χ3n) is 5.97. The minimum Gasteiger partial charge on any atom is -0.368 e. The Hall–Kier alpha value is -2.16. The Morgan fingerprint density at radius 1 is 1.07 bits per heavy atom. The molecule has 1 aliphatic carbocycles. The predicted octanol–water partition coefficient (Wildman–Crippen LogP) is -0.373. The van der Waals surface area contributed by atoms with Crippen molar-refractivity contribution in [2.75, 3.05) is 13.1 Å². The van der Waals surface area contributed by atoms with Crippen molar-refractivity contribution >= 4 is 23.6 Å². The maximum Gasteiger partial charge on any atom is 0.243 e. The number of nitrogens with two attached hydrogens (primary N) is 2. The fraction of sp³-hybridized carbons (Fsp3) is 0.800. The predicted molar refractivity (Wildman–Crippen MR) is 108 cm³/mol. The van der Waals surface area contributed by atoms with Crippen LogP contribution in [-0.4, -0.2) is 59.7 Å². The lowest BCUT2D eigenvalue weighted by Gasteiger charge is -2.43. The van der Waals surface area contributed by atoms with Crippen molar-refractivity contribution in [3.8, 4) is 0 Å². The van der Waals surface area contributed by atoms with Gasteiger partial charge in [0.1, 0.15) is 12.1 Å². The van der Waals surface area contributed by atoms with E-state index < -0.39 is 41.3 Å². The first-order valence-electron chi connectivity index (χ1n) is 10.4. The molecule has 2 rings (SSSR count). The molecule has 1 heterocycles. The van der Waals surface area contributed by atoms with Crippen LogP contribution >= 0.6 is 0 Å². The second kappa shape index (κ2) is 9.56. The molecule has 2 unspecified atom stereocenters. The van der Waals surface area contributed by atoms with E-state index in [0.717, 1.165) is 32.1 Å². The highest BCUT2D eigenvalue weighted by Crippen LogP contribution is 2.27. The van der Waals surface area contributed by atoms with Crippen LogP contribution in [0.25, 0.3) is 0 Å². The normalized spacial score (nSPS) is 22.2. The zero-order chi connectivity index (χ0) is 21.8. The minimum absolute atomic E-state index is 0.0412. The van der Waals surface area contributed by atoms with Crippen LogP contribution in [-0.2, 0) is 19.2 Å². The lowest BCUT2D eigenvalue weighted by atomic mass is 9.83. The average molecular weight is 410 g/mol. The van der Waals surface area contributed by atoms with Gasteiger partial charge in [0.2, 0.25) is 23.6 Å². The lowest BCUT2D eigenvalue weighted by molar-refractivity contribution is -0.150. The van der Waals surface area contributed by atoms with Gasteiger partial charge in [-0.1, -0.05) is 40.0 Å². The molecule has 0 aromatic rings. The van der Waals surface area contributed by atoms with Gasteiger partial charge in [0.25, 0.3) is 0 Å². The van der Waals surface area contributed by atoms with E-state index in [9.17, 15) is 19.2 Å². The first-order chi connectivity index (χ1) is 13.5. The maximum atomic E-state index is 12.5. The summed E-state index contributed by atoms with van der Waals surface area (Å²) >= 11 is 0. The van der Waals surface area contributed by atoms with E-state index in [4.69, 9.17) is 11.5 Å². The molecule has 9 heteroatoms. The monoisotopic (exact) mass is 409 g/mol. The van der Waals surface area contributed by atoms with Crippen molar-refractivity contribution in [1.82, 2.24) is 15.5 Å². The zero-order valence-corrected chi connectivity index (χ0v) is 17.7. The summed E-state index contributed by atoms with van der Waals surface area (Å²) in [5.74, 6) is -1.63. The summed E-state index contributed by atoms with van der Waals surface area (Å²) < 4.78 is 0. The third kappa shape index (κ3) is 5.91. The van der Waals surface area contributed by atoms with Crippen LogP contribution in [0.15, 0.2) is 0 Å². The Labute approximate surface area is 172 Å². The van der Waals surface area contributed by atoms with Crippen molar-refractivity contribution in [3.63, 3.8) is 0 Å². The molecule has 4 amide bonds. The SMILES string of the molecule is CC(C)(C)C(N)C(=O)N1CCC1C(=O)NCC(=O)N[C@H](C(N)=O)C1CCCCC1. The maximum absolute atomic E-state index is 12.5. The topological polar surface area (TPSA) is 148 Å². The molecule has 0 spiro atoms. The van der Waals surface area contributed by atoms with Gasteiger partial charge < -0.3 is 27.0 Å². The second-order valence-corrected chi connectivity index (χ2v) is 9.24. The number of amides is 4. The van der Waals surface area contributed by atoms with Crippen molar-refractivity contribution in [3.05, 3.63) is 0 Å². The van der Waals surface area contributed by atoms with Gasteiger partial charge in [-0.3, -0.25) is 19.2 Å². The largest absolute Gasteiger partial charge is 0.368 e. The van der Waals surface area contributed by atoms with Gasteiger partial charge in [-0.15, -0.1) is 0 Å². The summed E-state index contributed by atoms with van der Waals surface area (Å²) in [5, 5.41) is 5.22. The number of nitrogens with one attached hydrogen (secondary N) is 2. The fourth-order valence-corrected chi connectivity index (χ4v) is 3.87. The Morgan fingerprint density at radius 2 is 1.69 bits per heavy atom. The van der Waals surface area contributed by atoms with E-state index in [1.807, 2.05) is 20.8 Å². The van der Waals surface area contributed by atoms with Crippen LogP contribution in [0, 0.1) is 11.3 Å². The number of hydrogen-bond acceptors (Lipinski definition) is 5. The summed E-state index contributed by atoms with van der Waals surface area (Å²) in [6.45, 7) is 5.82. The number of carbonyl (C=O) groups is 4. The number of hydrogen-bond donors (Lipinski definition) is 4. The summed E-state index contributed by atoms with van der Waals surface area (Å²) in [7, 11) is 0. The van der Waals surface area contributed by atoms with E-state index in [0.29, 0.717) is 13.0 Å². The molecule has 3 atom stereocenters. The number of carbonyl (C=O) groups excluding carboxylic acids is 4.